The third-order valence-electron chi connectivity index (χ3n) is 4.70. The number of nitrogens with zero attached hydrogens (tertiary/aromatic N) is 2. The molecule has 0 aliphatic carbocycles. The zero-order valence-electron chi connectivity index (χ0n) is 17.2. The van der Waals surface area contributed by atoms with E-state index in [1.165, 1.54) is 27.4 Å². The van der Waals surface area contributed by atoms with Gasteiger partial charge in [-0.25, -0.2) is 4.68 Å². The second-order valence-corrected chi connectivity index (χ2v) is 6.44. The van der Waals surface area contributed by atoms with E-state index in [0.717, 1.165) is 22.6 Å². The zero-order chi connectivity index (χ0) is 21.0. The van der Waals surface area contributed by atoms with E-state index in [0.29, 0.717) is 22.8 Å². The molecule has 0 saturated carbocycles. The SMILES string of the molecule is COc1cc(C(=O)/C=C/c2c(C)nn(-c3ccccc3)c2C)cc(OC)c1OC. The minimum Gasteiger partial charge on any atom is -0.493 e. The molecule has 0 spiro atoms. The summed E-state index contributed by atoms with van der Waals surface area (Å²) in [6.45, 7) is 3.91. The number of ketones is 1. The zero-order valence-corrected chi connectivity index (χ0v) is 17.2. The molecule has 6 nitrogen and oxygen atoms in total. The van der Waals surface area contributed by atoms with Crippen LogP contribution in [-0.4, -0.2) is 36.9 Å². The van der Waals surface area contributed by atoms with Crippen LogP contribution in [0.5, 0.6) is 17.2 Å². The first kappa shape index (κ1) is 20.2. The van der Waals surface area contributed by atoms with Crippen molar-refractivity contribution < 1.29 is 19.0 Å². The number of benzene rings is 2. The van der Waals surface area contributed by atoms with Gasteiger partial charge in [-0.15, -0.1) is 0 Å². The van der Waals surface area contributed by atoms with Crippen LogP contribution in [0.25, 0.3) is 11.8 Å². The van der Waals surface area contributed by atoms with Gasteiger partial charge in [0.25, 0.3) is 0 Å². The van der Waals surface area contributed by atoms with E-state index in [1.807, 2.05) is 48.9 Å². The lowest BCUT2D eigenvalue weighted by Gasteiger charge is -2.13. The monoisotopic (exact) mass is 392 g/mol. The lowest BCUT2D eigenvalue weighted by molar-refractivity contribution is 0.104. The van der Waals surface area contributed by atoms with E-state index in [-0.39, 0.29) is 5.78 Å². The van der Waals surface area contributed by atoms with Gasteiger partial charge in [0.2, 0.25) is 5.75 Å². The molecule has 0 N–H and O–H groups in total. The maximum Gasteiger partial charge on any atom is 0.203 e. The molecule has 0 radical (unpaired) electrons. The Morgan fingerprint density at radius 1 is 0.966 bits per heavy atom. The topological polar surface area (TPSA) is 62.6 Å². The predicted octanol–water partition coefficient (Wildman–Crippen LogP) is 4.41. The molecule has 150 valence electrons. The quantitative estimate of drug-likeness (QED) is 0.440. The number of hydrogen-bond acceptors (Lipinski definition) is 5. The first-order valence-electron chi connectivity index (χ1n) is 9.14. The maximum absolute atomic E-state index is 12.8. The largest absolute Gasteiger partial charge is 0.493 e. The lowest BCUT2D eigenvalue weighted by Crippen LogP contribution is -2.00. The smallest absolute Gasteiger partial charge is 0.203 e. The molecule has 1 heterocycles. The number of carbonyl (C=O) groups is 1. The Hall–Kier alpha value is -3.54. The Morgan fingerprint density at radius 2 is 1.59 bits per heavy atom. The number of rotatable bonds is 7. The summed E-state index contributed by atoms with van der Waals surface area (Å²) in [5.74, 6) is 1.16. The van der Waals surface area contributed by atoms with Crippen molar-refractivity contribution in [3.8, 4) is 22.9 Å². The van der Waals surface area contributed by atoms with Crippen molar-refractivity contribution in [3.05, 3.63) is 71.1 Å². The maximum atomic E-state index is 12.8. The van der Waals surface area contributed by atoms with Gasteiger partial charge in [0.1, 0.15) is 0 Å². The molecule has 0 saturated heterocycles. The molecule has 0 bridgehead atoms. The van der Waals surface area contributed by atoms with E-state index in [1.54, 1.807) is 18.2 Å². The fourth-order valence-corrected chi connectivity index (χ4v) is 3.20. The summed E-state index contributed by atoms with van der Waals surface area (Å²) in [5, 5.41) is 4.61. The number of aromatic nitrogens is 2. The lowest BCUT2D eigenvalue weighted by atomic mass is 10.1. The van der Waals surface area contributed by atoms with Crippen molar-refractivity contribution in [2.75, 3.05) is 21.3 Å². The Morgan fingerprint density at radius 3 is 2.14 bits per heavy atom. The summed E-state index contributed by atoms with van der Waals surface area (Å²) in [7, 11) is 4.57. The van der Waals surface area contributed by atoms with Crippen molar-refractivity contribution in [1.82, 2.24) is 9.78 Å². The average Bonchev–Trinajstić information content (AvgIpc) is 3.04. The summed E-state index contributed by atoms with van der Waals surface area (Å²) in [6, 6.07) is 13.2. The summed E-state index contributed by atoms with van der Waals surface area (Å²) in [5.41, 5.74) is 4.14. The van der Waals surface area contributed by atoms with Crippen molar-refractivity contribution in [3.63, 3.8) is 0 Å². The number of hydrogen-bond donors (Lipinski definition) is 0. The van der Waals surface area contributed by atoms with Gasteiger partial charge in [0.05, 0.1) is 32.7 Å². The molecular formula is C23H24N2O4. The fraction of sp³-hybridized carbons (Fsp3) is 0.217. The van der Waals surface area contributed by atoms with Crippen molar-refractivity contribution >= 4 is 11.9 Å². The Kier molecular flexibility index (Phi) is 6.02. The Balaban J connectivity index is 1.93. The minimum atomic E-state index is -0.171. The van der Waals surface area contributed by atoms with E-state index in [2.05, 4.69) is 5.10 Å². The molecule has 0 unspecified atom stereocenters. The van der Waals surface area contributed by atoms with Gasteiger partial charge in [-0.3, -0.25) is 4.79 Å². The van der Waals surface area contributed by atoms with E-state index >= 15 is 0 Å². The summed E-state index contributed by atoms with van der Waals surface area (Å²) < 4.78 is 17.8. The van der Waals surface area contributed by atoms with Gasteiger partial charge in [-0.1, -0.05) is 18.2 Å². The molecule has 29 heavy (non-hydrogen) atoms. The standard InChI is InChI=1S/C23H24N2O4/c1-15-19(16(2)25(24-15)18-9-7-6-8-10-18)11-12-20(26)17-13-21(27-3)23(29-5)22(14-17)28-4/h6-14H,1-5H3/b12-11+. The molecule has 0 aliphatic rings. The highest BCUT2D eigenvalue weighted by Crippen LogP contribution is 2.38. The van der Waals surface area contributed by atoms with Gasteiger partial charge in [-0.05, 0) is 50.3 Å². The molecule has 2 aromatic carbocycles. The van der Waals surface area contributed by atoms with Crippen LogP contribution >= 0.6 is 0 Å². The van der Waals surface area contributed by atoms with Crippen LogP contribution in [0.1, 0.15) is 27.3 Å². The molecule has 0 amide bonds. The van der Waals surface area contributed by atoms with E-state index < -0.39 is 0 Å². The first-order valence-corrected chi connectivity index (χ1v) is 9.14. The Labute approximate surface area is 170 Å². The van der Waals surface area contributed by atoms with Crippen LogP contribution in [0, 0.1) is 13.8 Å². The van der Waals surface area contributed by atoms with Gasteiger partial charge >= 0.3 is 0 Å². The van der Waals surface area contributed by atoms with Crippen LogP contribution in [0.4, 0.5) is 0 Å². The number of methoxy groups -OCH3 is 3. The fourth-order valence-electron chi connectivity index (χ4n) is 3.20. The summed E-state index contributed by atoms with van der Waals surface area (Å²) in [4.78, 5) is 12.8. The highest BCUT2D eigenvalue weighted by molar-refractivity contribution is 6.07. The average molecular weight is 392 g/mol. The van der Waals surface area contributed by atoms with Gasteiger partial charge in [0.15, 0.2) is 17.3 Å². The molecular weight excluding hydrogens is 368 g/mol. The third-order valence-corrected chi connectivity index (χ3v) is 4.70. The van der Waals surface area contributed by atoms with Crippen molar-refractivity contribution in [1.29, 1.82) is 0 Å². The molecule has 3 aromatic rings. The summed E-state index contributed by atoms with van der Waals surface area (Å²) in [6.07, 6.45) is 3.33. The minimum absolute atomic E-state index is 0.171. The number of allylic oxidation sites excluding steroid dienone is 1. The van der Waals surface area contributed by atoms with E-state index in [4.69, 9.17) is 14.2 Å². The molecule has 1 aromatic heterocycles. The number of aryl methyl sites for hydroxylation is 1. The second-order valence-electron chi connectivity index (χ2n) is 6.44. The molecule has 6 heteroatoms. The Bertz CT molecular complexity index is 1030. The van der Waals surface area contributed by atoms with Crippen LogP contribution in [-0.2, 0) is 0 Å². The van der Waals surface area contributed by atoms with Crippen LogP contribution in [0.15, 0.2) is 48.5 Å². The van der Waals surface area contributed by atoms with Crippen LogP contribution < -0.4 is 14.2 Å². The second kappa shape index (κ2) is 8.65. The highest BCUT2D eigenvalue weighted by Gasteiger charge is 2.16. The van der Waals surface area contributed by atoms with Crippen LogP contribution in [0.2, 0.25) is 0 Å². The van der Waals surface area contributed by atoms with E-state index in [9.17, 15) is 4.79 Å². The van der Waals surface area contributed by atoms with Crippen LogP contribution in [0.3, 0.4) is 0 Å². The third kappa shape index (κ3) is 4.01. The number of carbonyl (C=O) groups excluding carboxylic acids is 1. The molecule has 0 fully saturated rings. The van der Waals surface area contributed by atoms with Gasteiger partial charge in [0, 0.05) is 16.8 Å². The van der Waals surface area contributed by atoms with Gasteiger partial charge in [-0.2, -0.15) is 5.10 Å². The van der Waals surface area contributed by atoms with Crippen molar-refractivity contribution in [2.24, 2.45) is 0 Å². The number of para-hydroxylation sites is 1. The van der Waals surface area contributed by atoms with Crippen molar-refractivity contribution in [2.45, 2.75) is 13.8 Å². The molecule has 0 atom stereocenters. The first-order chi connectivity index (χ1) is 14.0. The highest BCUT2D eigenvalue weighted by atomic mass is 16.5. The summed E-state index contributed by atoms with van der Waals surface area (Å²) >= 11 is 0. The predicted molar refractivity (Wildman–Crippen MR) is 113 cm³/mol. The normalized spacial score (nSPS) is 10.9. The number of ether oxygens (including phenoxy) is 3. The molecule has 0 aliphatic heterocycles. The van der Waals surface area contributed by atoms with Gasteiger partial charge < -0.3 is 14.2 Å². The molecule has 3 rings (SSSR count).